The van der Waals surface area contributed by atoms with Gasteiger partial charge >= 0.3 is 0 Å². The van der Waals surface area contributed by atoms with Crippen molar-refractivity contribution >= 4 is 22.5 Å². The third kappa shape index (κ3) is 3.08. The molecule has 0 fully saturated rings. The van der Waals surface area contributed by atoms with Gasteiger partial charge in [-0.25, -0.2) is 0 Å². The first-order valence-corrected chi connectivity index (χ1v) is 7.95. The first kappa shape index (κ1) is 16.0. The molecule has 0 unspecified atom stereocenters. The maximum absolute atomic E-state index is 12.2. The average molecular weight is 321 g/mol. The van der Waals surface area contributed by atoms with E-state index in [4.69, 9.17) is 4.74 Å². The van der Waals surface area contributed by atoms with Gasteiger partial charge in [-0.15, -0.1) is 0 Å². The lowest BCUT2D eigenvalue weighted by atomic mass is 10.1. The third-order valence-electron chi connectivity index (χ3n) is 4.01. The van der Waals surface area contributed by atoms with Crippen LogP contribution < -0.4 is 4.74 Å². The molecular weight excluding hydrogens is 302 g/mol. The quantitative estimate of drug-likeness (QED) is 0.509. The third-order valence-corrected chi connectivity index (χ3v) is 4.01. The van der Waals surface area contributed by atoms with Crippen LogP contribution in [0.4, 0.5) is 0 Å². The normalized spacial score (nSPS) is 10.8. The highest BCUT2D eigenvalue weighted by atomic mass is 16.5. The van der Waals surface area contributed by atoms with Crippen molar-refractivity contribution in [2.24, 2.45) is 0 Å². The highest BCUT2D eigenvalue weighted by Crippen LogP contribution is 2.27. The van der Waals surface area contributed by atoms with Gasteiger partial charge in [0.1, 0.15) is 12.4 Å². The molecule has 4 nitrogen and oxygen atoms in total. The first-order valence-electron chi connectivity index (χ1n) is 7.95. The molecule has 3 aromatic rings. The molecule has 0 aliphatic carbocycles. The van der Waals surface area contributed by atoms with Crippen LogP contribution in [0.3, 0.4) is 0 Å². The van der Waals surface area contributed by atoms with Crippen LogP contribution in [0.5, 0.6) is 5.75 Å². The van der Waals surface area contributed by atoms with Crippen LogP contribution >= 0.6 is 0 Å². The largest absolute Gasteiger partial charge is 0.489 e. The maximum atomic E-state index is 12.2. The molecule has 0 bridgehead atoms. The molecule has 0 saturated heterocycles. The smallest absolute Gasteiger partial charge is 0.230 e. The Balaban J connectivity index is 1.95. The summed E-state index contributed by atoms with van der Waals surface area (Å²) in [6.45, 7) is 4.48. The van der Waals surface area contributed by atoms with Crippen LogP contribution in [-0.2, 0) is 17.9 Å². The van der Waals surface area contributed by atoms with Gasteiger partial charge in [0.2, 0.25) is 5.78 Å². The Kier molecular flexibility index (Phi) is 4.47. The van der Waals surface area contributed by atoms with E-state index in [0.717, 1.165) is 23.0 Å². The average Bonchev–Trinajstić information content (AvgIpc) is 2.98. The summed E-state index contributed by atoms with van der Waals surface area (Å²) < 4.78 is 7.80. The fourth-order valence-corrected chi connectivity index (χ4v) is 2.74. The molecule has 0 amide bonds. The second-order valence-electron chi connectivity index (χ2n) is 5.67. The molecule has 24 heavy (non-hydrogen) atoms. The summed E-state index contributed by atoms with van der Waals surface area (Å²) >= 11 is 0. The maximum Gasteiger partial charge on any atom is 0.230 e. The van der Waals surface area contributed by atoms with Crippen molar-refractivity contribution in [3.63, 3.8) is 0 Å². The Bertz CT molecular complexity index is 894. The number of hydrogen-bond donors (Lipinski definition) is 0. The number of rotatable bonds is 6. The van der Waals surface area contributed by atoms with Crippen molar-refractivity contribution < 1.29 is 14.3 Å². The highest BCUT2D eigenvalue weighted by molar-refractivity contribution is 6.45. The van der Waals surface area contributed by atoms with E-state index in [0.29, 0.717) is 17.9 Å². The topological polar surface area (TPSA) is 48.3 Å². The van der Waals surface area contributed by atoms with Crippen molar-refractivity contribution in [1.29, 1.82) is 0 Å². The van der Waals surface area contributed by atoms with Crippen LogP contribution in [0.1, 0.15) is 29.8 Å². The lowest BCUT2D eigenvalue weighted by Gasteiger charge is -2.07. The number of hydrogen-bond acceptors (Lipinski definition) is 3. The zero-order valence-electron chi connectivity index (χ0n) is 13.8. The molecule has 1 aromatic heterocycles. The van der Waals surface area contributed by atoms with E-state index in [1.54, 1.807) is 6.20 Å². The summed E-state index contributed by atoms with van der Waals surface area (Å²) in [5.41, 5.74) is 2.43. The van der Waals surface area contributed by atoms with Crippen LogP contribution in [0.25, 0.3) is 10.9 Å². The number of aryl methyl sites for hydroxylation is 1. The molecule has 2 aromatic carbocycles. The Morgan fingerprint density at radius 1 is 1.08 bits per heavy atom. The number of fused-ring (bicyclic) bond motifs is 1. The Hall–Kier alpha value is -2.88. The van der Waals surface area contributed by atoms with Crippen LogP contribution in [-0.4, -0.2) is 16.1 Å². The van der Waals surface area contributed by atoms with Crippen molar-refractivity contribution in [2.45, 2.75) is 27.0 Å². The zero-order valence-corrected chi connectivity index (χ0v) is 13.8. The number of benzene rings is 2. The number of nitrogens with zero attached hydrogens (tertiary/aromatic N) is 1. The fourth-order valence-electron chi connectivity index (χ4n) is 2.74. The molecule has 122 valence electrons. The molecule has 0 spiro atoms. The number of aromatic nitrogens is 1. The van der Waals surface area contributed by atoms with Crippen molar-refractivity contribution in [3.05, 3.63) is 65.9 Å². The van der Waals surface area contributed by atoms with Gasteiger partial charge in [0.25, 0.3) is 0 Å². The number of ketones is 2. The van der Waals surface area contributed by atoms with Gasteiger partial charge in [-0.2, -0.15) is 0 Å². The SMILES string of the molecule is CCn1cc(C(=O)C(C)=O)c2cc(OCc3ccccc3)ccc21. The minimum absolute atomic E-state index is 0.435. The first-order chi connectivity index (χ1) is 11.6. The van der Waals surface area contributed by atoms with Gasteiger partial charge in [0.05, 0.1) is 5.56 Å². The van der Waals surface area contributed by atoms with Crippen LogP contribution in [0.15, 0.2) is 54.7 Å². The molecule has 1 heterocycles. The van der Waals surface area contributed by atoms with Crippen molar-refractivity contribution in [1.82, 2.24) is 4.57 Å². The van der Waals surface area contributed by atoms with Gasteiger partial charge in [0.15, 0.2) is 5.78 Å². The van der Waals surface area contributed by atoms with Gasteiger partial charge in [0, 0.05) is 30.6 Å². The standard InChI is InChI=1S/C20H19NO3/c1-3-21-12-18(20(23)14(2)22)17-11-16(9-10-19(17)21)24-13-15-7-5-4-6-8-15/h4-12H,3,13H2,1-2H3. The monoisotopic (exact) mass is 321 g/mol. The highest BCUT2D eigenvalue weighted by Gasteiger charge is 2.18. The molecule has 0 aliphatic heterocycles. The summed E-state index contributed by atoms with van der Waals surface area (Å²) in [5, 5.41) is 0.752. The fraction of sp³-hybridized carbons (Fsp3) is 0.200. The summed E-state index contributed by atoms with van der Waals surface area (Å²) in [6, 6.07) is 15.5. The van der Waals surface area contributed by atoms with E-state index in [1.807, 2.05) is 60.0 Å². The lowest BCUT2D eigenvalue weighted by molar-refractivity contribution is -0.113. The Morgan fingerprint density at radius 3 is 2.50 bits per heavy atom. The number of ether oxygens (including phenoxy) is 1. The summed E-state index contributed by atoms with van der Waals surface area (Å²) in [5.74, 6) is -0.244. The van der Waals surface area contributed by atoms with Gasteiger partial charge in [-0.3, -0.25) is 9.59 Å². The van der Waals surface area contributed by atoms with E-state index in [2.05, 4.69) is 0 Å². The molecule has 0 radical (unpaired) electrons. The predicted octanol–water partition coefficient (Wildman–Crippen LogP) is 4.01. The minimum Gasteiger partial charge on any atom is -0.489 e. The zero-order chi connectivity index (χ0) is 17.1. The summed E-state index contributed by atoms with van der Waals surface area (Å²) in [6.07, 6.45) is 1.75. The number of carbonyl (C=O) groups is 2. The van der Waals surface area contributed by atoms with E-state index in [1.165, 1.54) is 6.92 Å². The Labute approximate surface area is 140 Å². The second-order valence-corrected chi connectivity index (χ2v) is 5.67. The minimum atomic E-state index is -0.465. The van der Waals surface area contributed by atoms with Crippen LogP contribution in [0.2, 0.25) is 0 Å². The van der Waals surface area contributed by atoms with Crippen molar-refractivity contribution in [3.8, 4) is 5.75 Å². The summed E-state index contributed by atoms with van der Waals surface area (Å²) in [4.78, 5) is 23.7. The van der Waals surface area contributed by atoms with Crippen LogP contribution in [0, 0.1) is 0 Å². The molecule has 0 atom stereocenters. The summed E-state index contributed by atoms with van der Waals surface area (Å²) in [7, 11) is 0. The molecule has 3 rings (SSSR count). The Morgan fingerprint density at radius 2 is 1.83 bits per heavy atom. The van der Waals surface area contributed by atoms with E-state index < -0.39 is 11.6 Å². The molecule has 4 heteroatoms. The number of Topliss-reactive ketones (excluding diaryl/α,β-unsaturated/α-hetero) is 2. The van der Waals surface area contributed by atoms with Gasteiger partial charge in [-0.05, 0) is 30.7 Å². The predicted molar refractivity (Wildman–Crippen MR) is 93.4 cm³/mol. The number of carbonyl (C=O) groups excluding carboxylic acids is 2. The van der Waals surface area contributed by atoms with Crippen molar-refractivity contribution in [2.75, 3.05) is 0 Å². The molecule has 0 N–H and O–H groups in total. The van der Waals surface area contributed by atoms with E-state index in [-0.39, 0.29) is 0 Å². The lowest BCUT2D eigenvalue weighted by Crippen LogP contribution is -2.09. The molecule has 0 aliphatic rings. The molecular formula is C20H19NO3. The van der Waals surface area contributed by atoms with E-state index in [9.17, 15) is 9.59 Å². The molecule has 0 saturated carbocycles. The van der Waals surface area contributed by atoms with Gasteiger partial charge < -0.3 is 9.30 Å². The second kappa shape index (κ2) is 6.71. The van der Waals surface area contributed by atoms with Gasteiger partial charge in [-0.1, -0.05) is 30.3 Å². The van der Waals surface area contributed by atoms with E-state index >= 15 is 0 Å².